The number of piperidine rings is 1. The SMILES string of the molecule is NC(=O)c1ccc(N2CCC[C@H](c3nccs3)C2)c([N+](=O)[O-])c1. The maximum atomic E-state index is 11.4. The molecular weight excluding hydrogens is 316 g/mol. The highest BCUT2D eigenvalue weighted by molar-refractivity contribution is 7.09. The van der Waals surface area contributed by atoms with E-state index in [2.05, 4.69) is 4.98 Å². The van der Waals surface area contributed by atoms with Gasteiger partial charge in [0.25, 0.3) is 5.69 Å². The van der Waals surface area contributed by atoms with Crippen LogP contribution in [0.2, 0.25) is 0 Å². The van der Waals surface area contributed by atoms with Gasteiger partial charge in [-0.2, -0.15) is 0 Å². The minimum atomic E-state index is -0.668. The van der Waals surface area contributed by atoms with Crippen molar-refractivity contribution in [3.05, 3.63) is 50.5 Å². The third-order valence-corrected chi connectivity index (χ3v) is 4.96. The van der Waals surface area contributed by atoms with Crippen molar-refractivity contribution in [1.82, 2.24) is 4.98 Å². The number of nitrogens with two attached hydrogens (primary N) is 1. The molecule has 0 unspecified atom stereocenters. The molecule has 3 rings (SSSR count). The Balaban J connectivity index is 1.91. The van der Waals surface area contributed by atoms with Gasteiger partial charge in [-0.1, -0.05) is 0 Å². The number of hydrogen-bond donors (Lipinski definition) is 1. The van der Waals surface area contributed by atoms with Crippen LogP contribution < -0.4 is 10.6 Å². The zero-order valence-corrected chi connectivity index (χ0v) is 13.2. The van der Waals surface area contributed by atoms with E-state index in [1.54, 1.807) is 23.6 Å². The largest absolute Gasteiger partial charge is 0.366 e. The number of amides is 1. The van der Waals surface area contributed by atoms with Gasteiger partial charge in [-0.25, -0.2) is 4.98 Å². The maximum Gasteiger partial charge on any atom is 0.293 e. The molecule has 2 N–H and O–H groups in total. The fraction of sp³-hybridized carbons (Fsp3) is 0.333. The Bertz CT molecular complexity index is 732. The fourth-order valence-corrected chi connectivity index (χ4v) is 3.69. The Kier molecular flexibility index (Phi) is 4.24. The highest BCUT2D eigenvalue weighted by atomic mass is 32.1. The monoisotopic (exact) mass is 332 g/mol. The second kappa shape index (κ2) is 6.33. The average Bonchev–Trinajstić information content (AvgIpc) is 3.09. The predicted molar refractivity (Wildman–Crippen MR) is 87.9 cm³/mol. The number of benzene rings is 1. The van der Waals surface area contributed by atoms with Crippen molar-refractivity contribution >= 4 is 28.6 Å². The standard InChI is InChI=1S/C15H16N4O3S/c16-14(20)10-3-4-12(13(8-10)19(21)22)18-6-1-2-11(9-18)15-17-5-7-23-15/h3-5,7-8,11H,1-2,6,9H2,(H2,16,20)/t11-/m0/s1. The molecule has 2 aromatic rings. The van der Waals surface area contributed by atoms with Gasteiger partial charge in [0.1, 0.15) is 5.69 Å². The van der Waals surface area contributed by atoms with E-state index in [9.17, 15) is 14.9 Å². The minimum absolute atomic E-state index is 0.0823. The molecule has 1 aliphatic heterocycles. The van der Waals surface area contributed by atoms with E-state index >= 15 is 0 Å². The van der Waals surface area contributed by atoms with Crippen LogP contribution in [0.15, 0.2) is 29.8 Å². The molecule has 0 spiro atoms. The quantitative estimate of drug-likeness (QED) is 0.684. The molecule has 120 valence electrons. The molecule has 1 aromatic heterocycles. The van der Waals surface area contributed by atoms with Crippen LogP contribution in [0.4, 0.5) is 11.4 Å². The molecule has 0 saturated carbocycles. The molecule has 2 heterocycles. The van der Waals surface area contributed by atoms with E-state index < -0.39 is 10.8 Å². The zero-order chi connectivity index (χ0) is 16.4. The lowest BCUT2D eigenvalue weighted by atomic mass is 9.97. The van der Waals surface area contributed by atoms with E-state index in [0.29, 0.717) is 12.2 Å². The topological polar surface area (TPSA) is 102 Å². The first-order chi connectivity index (χ1) is 11.1. The molecule has 1 aliphatic rings. The number of thiazole rings is 1. The van der Waals surface area contributed by atoms with Crippen molar-refractivity contribution in [2.24, 2.45) is 5.73 Å². The lowest BCUT2D eigenvalue weighted by Gasteiger charge is -2.33. The summed E-state index contributed by atoms with van der Waals surface area (Å²) in [6.45, 7) is 1.43. The number of nitrogens with zero attached hydrogens (tertiary/aromatic N) is 3. The van der Waals surface area contributed by atoms with Crippen LogP contribution in [0, 0.1) is 10.1 Å². The number of aromatic nitrogens is 1. The fourth-order valence-electron chi connectivity index (χ4n) is 2.92. The highest BCUT2D eigenvalue weighted by Crippen LogP contribution is 2.35. The molecule has 0 aliphatic carbocycles. The van der Waals surface area contributed by atoms with Crippen LogP contribution in [0.5, 0.6) is 0 Å². The summed E-state index contributed by atoms with van der Waals surface area (Å²) in [5, 5.41) is 14.4. The van der Waals surface area contributed by atoms with Crippen molar-refractivity contribution in [2.75, 3.05) is 18.0 Å². The van der Waals surface area contributed by atoms with Gasteiger partial charge in [0, 0.05) is 42.2 Å². The van der Waals surface area contributed by atoms with Crippen LogP contribution in [-0.2, 0) is 0 Å². The van der Waals surface area contributed by atoms with Gasteiger partial charge in [0.2, 0.25) is 5.91 Å². The number of rotatable bonds is 4. The minimum Gasteiger partial charge on any atom is -0.366 e. The van der Waals surface area contributed by atoms with Gasteiger partial charge in [0.05, 0.1) is 9.93 Å². The Labute approximate surface area is 136 Å². The molecule has 0 radical (unpaired) electrons. The maximum absolute atomic E-state index is 11.4. The summed E-state index contributed by atoms with van der Waals surface area (Å²) in [6, 6.07) is 4.41. The molecule has 0 bridgehead atoms. The average molecular weight is 332 g/mol. The van der Waals surface area contributed by atoms with Crippen LogP contribution in [0.1, 0.15) is 34.1 Å². The predicted octanol–water partition coefficient (Wildman–Crippen LogP) is 2.53. The lowest BCUT2D eigenvalue weighted by molar-refractivity contribution is -0.384. The third-order valence-electron chi connectivity index (χ3n) is 4.02. The highest BCUT2D eigenvalue weighted by Gasteiger charge is 2.28. The lowest BCUT2D eigenvalue weighted by Crippen LogP contribution is -2.34. The van der Waals surface area contributed by atoms with Gasteiger partial charge in [-0.15, -0.1) is 11.3 Å². The number of primary amides is 1. The summed E-state index contributed by atoms with van der Waals surface area (Å²) in [5.74, 6) is -0.391. The van der Waals surface area contributed by atoms with Crippen LogP contribution >= 0.6 is 11.3 Å². The van der Waals surface area contributed by atoms with Crippen molar-refractivity contribution < 1.29 is 9.72 Å². The summed E-state index contributed by atoms with van der Waals surface area (Å²) in [6.07, 6.45) is 3.75. The smallest absolute Gasteiger partial charge is 0.293 e. The Morgan fingerprint density at radius 1 is 1.48 bits per heavy atom. The second-order valence-corrected chi connectivity index (χ2v) is 6.41. The van der Waals surface area contributed by atoms with Gasteiger partial charge < -0.3 is 10.6 Å². The van der Waals surface area contributed by atoms with Crippen molar-refractivity contribution in [2.45, 2.75) is 18.8 Å². The first-order valence-corrected chi connectivity index (χ1v) is 8.17. The normalized spacial score (nSPS) is 17.9. The van der Waals surface area contributed by atoms with Crippen molar-refractivity contribution in [3.8, 4) is 0 Å². The Morgan fingerprint density at radius 3 is 2.96 bits per heavy atom. The van der Waals surface area contributed by atoms with Crippen molar-refractivity contribution in [1.29, 1.82) is 0 Å². The molecule has 1 saturated heterocycles. The number of carbonyl (C=O) groups excluding carboxylic acids is 1. The molecule has 1 fully saturated rings. The summed E-state index contributed by atoms with van der Waals surface area (Å²) in [7, 11) is 0. The second-order valence-electron chi connectivity index (χ2n) is 5.48. The molecule has 23 heavy (non-hydrogen) atoms. The van der Waals surface area contributed by atoms with Crippen LogP contribution in [-0.4, -0.2) is 28.9 Å². The first kappa shape index (κ1) is 15.4. The van der Waals surface area contributed by atoms with E-state index in [1.165, 1.54) is 12.1 Å². The zero-order valence-electron chi connectivity index (χ0n) is 12.3. The number of nitro benzene ring substituents is 1. The Hall–Kier alpha value is -2.48. The summed E-state index contributed by atoms with van der Waals surface area (Å²) in [4.78, 5) is 28.5. The van der Waals surface area contributed by atoms with Gasteiger partial charge in [0.15, 0.2) is 0 Å². The number of anilines is 1. The van der Waals surface area contributed by atoms with Crippen molar-refractivity contribution in [3.63, 3.8) is 0 Å². The number of nitro groups is 1. The number of hydrogen-bond acceptors (Lipinski definition) is 6. The van der Waals surface area contributed by atoms with Gasteiger partial charge in [-0.05, 0) is 25.0 Å². The summed E-state index contributed by atoms with van der Waals surface area (Å²) < 4.78 is 0. The van der Waals surface area contributed by atoms with E-state index in [4.69, 9.17) is 5.73 Å². The molecule has 1 aromatic carbocycles. The van der Waals surface area contributed by atoms with E-state index in [0.717, 1.165) is 24.4 Å². The van der Waals surface area contributed by atoms with Crippen LogP contribution in [0.3, 0.4) is 0 Å². The molecule has 1 amide bonds. The first-order valence-electron chi connectivity index (χ1n) is 7.29. The molecule has 1 atom stereocenters. The van der Waals surface area contributed by atoms with Crippen LogP contribution in [0.25, 0.3) is 0 Å². The number of carbonyl (C=O) groups is 1. The van der Waals surface area contributed by atoms with Gasteiger partial charge in [-0.3, -0.25) is 14.9 Å². The van der Waals surface area contributed by atoms with Gasteiger partial charge >= 0.3 is 0 Å². The molecule has 8 heteroatoms. The van der Waals surface area contributed by atoms with E-state index in [1.807, 2.05) is 10.3 Å². The summed E-state index contributed by atoms with van der Waals surface area (Å²) in [5.41, 5.74) is 5.81. The third kappa shape index (κ3) is 3.16. The Morgan fingerprint density at radius 2 is 2.30 bits per heavy atom. The summed E-state index contributed by atoms with van der Waals surface area (Å²) >= 11 is 1.61. The molecular formula is C15H16N4O3S. The molecule has 7 nitrogen and oxygen atoms in total. The van der Waals surface area contributed by atoms with E-state index in [-0.39, 0.29) is 17.2 Å².